The number of rotatable bonds is 3. The number of methoxy groups -OCH3 is 1. The minimum absolute atomic E-state index is 0.306. The van der Waals surface area contributed by atoms with Gasteiger partial charge in [0.05, 0.1) is 7.11 Å². The second-order valence-corrected chi connectivity index (χ2v) is 4.49. The summed E-state index contributed by atoms with van der Waals surface area (Å²) in [4.78, 5) is 10.8. The van der Waals surface area contributed by atoms with Crippen LogP contribution in [0, 0.1) is 11.8 Å². The number of ether oxygens (including phenoxy) is 1. The van der Waals surface area contributed by atoms with Crippen LogP contribution in [-0.2, 0) is 9.53 Å². The van der Waals surface area contributed by atoms with Crippen molar-refractivity contribution in [3.8, 4) is 0 Å². The van der Waals surface area contributed by atoms with E-state index in [-0.39, 0.29) is 5.97 Å². The van der Waals surface area contributed by atoms with Crippen LogP contribution < -0.4 is 5.32 Å². The number of esters is 1. The Morgan fingerprint density at radius 2 is 2.07 bits per heavy atom. The van der Waals surface area contributed by atoms with E-state index < -0.39 is 0 Å². The monoisotopic (exact) mass is 211 g/mol. The molecule has 86 valence electrons. The van der Waals surface area contributed by atoms with Crippen molar-refractivity contribution in [2.75, 3.05) is 7.11 Å². The smallest absolute Gasteiger partial charge is 0.331 e. The largest absolute Gasteiger partial charge is 0.466 e. The van der Waals surface area contributed by atoms with Gasteiger partial charge in [0.2, 0.25) is 0 Å². The Morgan fingerprint density at radius 1 is 1.33 bits per heavy atom. The lowest BCUT2D eigenvalue weighted by Gasteiger charge is -2.32. The Kier molecular flexibility index (Phi) is 4.66. The summed E-state index contributed by atoms with van der Waals surface area (Å²) in [6, 6.07) is 0.511. The number of hydrogen-bond acceptors (Lipinski definition) is 3. The molecule has 0 saturated heterocycles. The zero-order valence-corrected chi connectivity index (χ0v) is 9.82. The van der Waals surface area contributed by atoms with E-state index in [1.54, 1.807) is 6.20 Å². The normalized spacial score (nSPS) is 31.5. The van der Waals surface area contributed by atoms with Crippen molar-refractivity contribution in [2.24, 2.45) is 11.8 Å². The van der Waals surface area contributed by atoms with Gasteiger partial charge in [-0.05, 0) is 31.1 Å². The van der Waals surface area contributed by atoms with E-state index in [1.807, 2.05) is 0 Å². The molecule has 0 radical (unpaired) electrons. The highest BCUT2D eigenvalue weighted by Gasteiger charge is 2.23. The standard InChI is InChI=1S/C12H21NO2/c1-9-4-5-11(8-10(9)2)13-7-6-12(14)15-3/h6-7,9-11,13H,4-5,8H2,1-3H3/b7-6+. The average Bonchev–Trinajstić information content (AvgIpc) is 2.23. The van der Waals surface area contributed by atoms with Crippen LogP contribution in [0.4, 0.5) is 0 Å². The molecule has 1 N–H and O–H groups in total. The fourth-order valence-electron chi connectivity index (χ4n) is 2.02. The maximum atomic E-state index is 10.8. The van der Waals surface area contributed by atoms with Crippen LogP contribution in [0.1, 0.15) is 33.1 Å². The lowest BCUT2D eigenvalue weighted by atomic mass is 9.79. The van der Waals surface area contributed by atoms with Crippen LogP contribution >= 0.6 is 0 Å². The van der Waals surface area contributed by atoms with Crippen LogP contribution in [0.25, 0.3) is 0 Å². The number of carbonyl (C=O) groups excluding carboxylic acids is 1. The van der Waals surface area contributed by atoms with Crippen molar-refractivity contribution in [1.82, 2.24) is 5.32 Å². The Morgan fingerprint density at radius 3 is 2.67 bits per heavy atom. The molecule has 3 nitrogen and oxygen atoms in total. The Labute approximate surface area is 91.9 Å². The summed E-state index contributed by atoms with van der Waals surface area (Å²) in [5.41, 5.74) is 0. The van der Waals surface area contributed by atoms with E-state index in [1.165, 1.54) is 32.4 Å². The minimum Gasteiger partial charge on any atom is -0.466 e. The van der Waals surface area contributed by atoms with E-state index in [0.717, 1.165) is 11.8 Å². The third-order valence-corrected chi connectivity index (χ3v) is 3.35. The number of carbonyl (C=O) groups is 1. The summed E-state index contributed by atoms with van der Waals surface area (Å²) in [5.74, 6) is 1.29. The van der Waals surface area contributed by atoms with Crippen LogP contribution in [0.2, 0.25) is 0 Å². The molecular weight excluding hydrogens is 190 g/mol. The Bertz CT molecular complexity index is 238. The summed E-state index contributed by atoms with van der Waals surface area (Å²) >= 11 is 0. The predicted octanol–water partition coefficient (Wildman–Crippen LogP) is 2.09. The van der Waals surface area contributed by atoms with Crippen molar-refractivity contribution >= 4 is 5.97 Å². The quantitative estimate of drug-likeness (QED) is 0.574. The molecule has 0 heterocycles. The molecule has 0 aromatic carbocycles. The Hall–Kier alpha value is -0.990. The number of hydrogen-bond donors (Lipinski definition) is 1. The molecular formula is C12H21NO2. The van der Waals surface area contributed by atoms with Gasteiger partial charge in [0.1, 0.15) is 0 Å². The average molecular weight is 211 g/mol. The molecule has 1 rings (SSSR count). The molecule has 3 unspecified atom stereocenters. The predicted molar refractivity (Wildman–Crippen MR) is 60.3 cm³/mol. The molecule has 15 heavy (non-hydrogen) atoms. The minimum atomic E-state index is -0.306. The van der Waals surface area contributed by atoms with E-state index in [2.05, 4.69) is 23.9 Å². The van der Waals surface area contributed by atoms with Gasteiger partial charge in [-0.3, -0.25) is 0 Å². The second kappa shape index (κ2) is 5.79. The summed E-state index contributed by atoms with van der Waals surface area (Å²) in [7, 11) is 1.39. The zero-order valence-electron chi connectivity index (χ0n) is 9.82. The van der Waals surface area contributed by atoms with Gasteiger partial charge >= 0.3 is 5.97 Å². The van der Waals surface area contributed by atoms with Crippen LogP contribution in [0.15, 0.2) is 12.3 Å². The van der Waals surface area contributed by atoms with Gasteiger partial charge in [-0.25, -0.2) is 4.79 Å². The first-order chi connectivity index (χ1) is 7.13. The van der Waals surface area contributed by atoms with Gasteiger partial charge < -0.3 is 10.1 Å². The van der Waals surface area contributed by atoms with Gasteiger partial charge in [0, 0.05) is 18.3 Å². The van der Waals surface area contributed by atoms with Crippen molar-refractivity contribution < 1.29 is 9.53 Å². The number of nitrogens with one attached hydrogen (secondary N) is 1. The molecule has 0 bridgehead atoms. The first-order valence-electron chi connectivity index (χ1n) is 5.64. The molecule has 0 spiro atoms. The zero-order chi connectivity index (χ0) is 11.3. The molecule has 3 heteroatoms. The first-order valence-corrected chi connectivity index (χ1v) is 5.64. The Balaban J connectivity index is 2.28. The fraction of sp³-hybridized carbons (Fsp3) is 0.750. The SMILES string of the molecule is COC(=O)/C=C/NC1CCC(C)C(C)C1. The van der Waals surface area contributed by atoms with E-state index >= 15 is 0 Å². The second-order valence-electron chi connectivity index (χ2n) is 4.49. The molecule has 0 amide bonds. The van der Waals surface area contributed by atoms with Gasteiger partial charge in [0.25, 0.3) is 0 Å². The highest BCUT2D eigenvalue weighted by atomic mass is 16.5. The summed E-state index contributed by atoms with van der Waals surface area (Å²) in [6.45, 7) is 4.60. The lowest BCUT2D eigenvalue weighted by Crippen LogP contribution is -2.33. The topological polar surface area (TPSA) is 38.3 Å². The van der Waals surface area contributed by atoms with E-state index in [0.29, 0.717) is 6.04 Å². The van der Waals surface area contributed by atoms with Gasteiger partial charge in [-0.15, -0.1) is 0 Å². The van der Waals surface area contributed by atoms with E-state index in [9.17, 15) is 4.79 Å². The highest BCUT2D eigenvalue weighted by molar-refractivity contribution is 5.81. The molecule has 3 atom stereocenters. The van der Waals surface area contributed by atoms with Gasteiger partial charge in [0.15, 0.2) is 0 Å². The van der Waals surface area contributed by atoms with Crippen molar-refractivity contribution in [3.05, 3.63) is 12.3 Å². The highest BCUT2D eigenvalue weighted by Crippen LogP contribution is 2.29. The molecule has 0 aliphatic heterocycles. The lowest BCUT2D eigenvalue weighted by molar-refractivity contribution is -0.134. The summed E-state index contributed by atoms with van der Waals surface area (Å²) in [5, 5.41) is 3.26. The summed E-state index contributed by atoms with van der Waals surface area (Å²) in [6.07, 6.45) is 6.79. The van der Waals surface area contributed by atoms with Crippen molar-refractivity contribution in [1.29, 1.82) is 0 Å². The third-order valence-electron chi connectivity index (χ3n) is 3.35. The molecule has 1 saturated carbocycles. The molecule has 1 aliphatic rings. The van der Waals surface area contributed by atoms with Crippen LogP contribution in [0.5, 0.6) is 0 Å². The molecule has 0 aromatic heterocycles. The maximum absolute atomic E-state index is 10.8. The summed E-state index contributed by atoms with van der Waals surface area (Å²) < 4.78 is 4.51. The maximum Gasteiger partial charge on any atom is 0.331 e. The van der Waals surface area contributed by atoms with Crippen molar-refractivity contribution in [3.63, 3.8) is 0 Å². The molecule has 1 fully saturated rings. The molecule has 0 aromatic rings. The fourth-order valence-corrected chi connectivity index (χ4v) is 2.02. The van der Waals surface area contributed by atoms with Crippen LogP contribution in [0.3, 0.4) is 0 Å². The van der Waals surface area contributed by atoms with Gasteiger partial charge in [-0.1, -0.05) is 13.8 Å². The van der Waals surface area contributed by atoms with E-state index in [4.69, 9.17) is 0 Å². The van der Waals surface area contributed by atoms with Crippen molar-refractivity contribution in [2.45, 2.75) is 39.2 Å². The first kappa shape index (κ1) is 12.1. The molecule has 1 aliphatic carbocycles. The van der Waals surface area contributed by atoms with Crippen LogP contribution in [-0.4, -0.2) is 19.1 Å². The van der Waals surface area contributed by atoms with Gasteiger partial charge in [-0.2, -0.15) is 0 Å². The third kappa shape index (κ3) is 3.94.